The first kappa shape index (κ1) is 28.7. The SMILES string of the molecule is c1ccc2c(-c3c4ccccc4c(-c4ccc5c(c4)oc4ccc6c7ccccc7c7ccccc7c6c45)c4ccccc34)c3ccccc3cc2c1. The molecule has 0 aliphatic heterocycles. The summed E-state index contributed by atoms with van der Waals surface area (Å²) in [6.07, 6.45) is 0. The van der Waals surface area contributed by atoms with Crippen molar-refractivity contribution in [3.05, 3.63) is 182 Å². The van der Waals surface area contributed by atoms with Crippen molar-refractivity contribution in [2.75, 3.05) is 0 Å². The van der Waals surface area contributed by atoms with Crippen LogP contribution in [0.1, 0.15) is 0 Å². The van der Waals surface area contributed by atoms with E-state index in [1.165, 1.54) is 97.5 Å². The summed E-state index contributed by atoms with van der Waals surface area (Å²) in [4.78, 5) is 0. The van der Waals surface area contributed by atoms with Crippen LogP contribution < -0.4 is 0 Å². The summed E-state index contributed by atoms with van der Waals surface area (Å²) in [6, 6.07) is 66.7. The maximum atomic E-state index is 6.80. The monoisotopic (exact) mass is 670 g/mol. The van der Waals surface area contributed by atoms with E-state index in [1.54, 1.807) is 0 Å². The summed E-state index contributed by atoms with van der Waals surface area (Å²) in [5.74, 6) is 0. The fourth-order valence-electron chi connectivity index (χ4n) is 9.41. The van der Waals surface area contributed by atoms with Gasteiger partial charge in [0.2, 0.25) is 0 Å². The second-order valence-electron chi connectivity index (χ2n) is 14.3. The van der Waals surface area contributed by atoms with Crippen LogP contribution in [0.25, 0.3) is 120 Å². The van der Waals surface area contributed by atoms with E-state index < -0.39 is 0 Å². The summed E-state index contributed by atoms with van der Waals surface area (Å²) >= 11 is 0. The van der Waals surface area contributed by atoms with Crippen molar-refractivity contribution in [3.63, 3.8) is 0 Å². The van der Waals surface area contributed by atoms with E-state index in [0.29, 0.717) is 0 Å². The summed E-state index contributed by atoms with van der Waals surface area (Å²) in [5.41, 5.74) is 6.77. The zero-order chi connectivity index (χ0) is 34.6. The third kappa shape index (κ3) is 3.97. The van der Waals surface area contributed by atoms with Crippen LogP contribution in [0.5, 0.6) is 0 Å². The van der Waals surface area contributed by atoms with Crippen molar-refractivity contribution in [2.24, 2.45) is 0 Å². The van der Waals surface area contributed by atoms with Crippen molar-refractivity contribution < 1.29 is 4.42 Å². The summed E-state index contributed by atoms with van der Waals surface area (Å²) in [7, 11) is 0. The molecule has 0 unspecified atom stereocenters. The average molecular weight is 671 g/mol. The van der Waals surface area contributed by atoms with Gasteiger partial charge in [-0.05, 0) is 123 Å². The molecule has 0 atom stereocenters. The second-order valence-corrected chi connectivity index (χ2v) is 14.3. The van der Waals surface area contributed by atoms with Crippen LogP contribution in [0.2, 0.25) is 0 Å². The van der Waals surface area contributed by atoms with E-state index >= 15 is 0 Å². The molecule has 0 aliphatic rings. The molecule has 12 aromatic rings. The molecule has 53 heavy (non-hydrogen) atoms. The first-order valence-electron chi connectivity index (χ1n) is 18.3. The summed E-state index contributed by atoms with van der Waals surface area (Å²) in [5, 5.41) is 19.9. The molecule has 1 nitrogen and oxygen atoms in total. The highest BCUT2D eigenvalue weighted by molar-refractivity contribution is 6.35. The molecule has 0 aliphatic carbocycles. The van der Waals surface area contributed by atoms with Gasteiger partial charge in [0.1, 0.15) is 11.2 Å². The van der Waals surface area contributed by atoms with Crippen LogP contribution in [0.4, 0.5) is 0 Å². The Balaban J connectivity index is 1.18. The summed E-state index contributed by atoms with van der Waals surface area (Å²) < 4.78 is 6.80. The summed E-state index contributed by atoms with van der Waals surface area (Å²) in [6.45, 7) is 0. The molecule has 0 N–H and O–H groups in total. The second kappa shape index (κ2) is 10.8. The minimum Gasteiger partial charge on any atom is -0.456 e. The van der Waals surface area contributed by atoms with Gasteiger partial charge in [0, 0.05) is 16.2 Å². The van der Waals surface area contributed by atoms with Crippen molar-refractivity contribution in [1.29, 1.82) is 0 Å². The highest BCUT2D eigenvalue weighted by Gasteiger charge is 2.21. The molecule has 1 heterocycles. The Labute approximate surface area is 304 Å². The Morgan fingerprint density at radius 2 is 0.660 bits per heavy atom. The standard InChI is InChI=1S/C52H30O/c1-3-15-34-31(13-1)29-32-14-2-4-16-35(32)49(34)50-42-23-11-9-21-40(42)48(41-22-10-12-24-43(41)50)33-25-26-45-47(30-33)53-46-28-27-44-38-19-6-5-17-36(38)37-18-7-8-20-39(37)51(44)52(45)46/h1-30H. The van der Waals surface area contributed by atoms with Gasteiger partial charge in [0.05, 0.1) is 0 Å². The lowest BCUT2D eigenvalue weighted by molar-refractivity contribution is 0.669. The van der Waals surface area contributed by atoms with Gasteiger partial charge in [-0.2, -0.15) is 0 Å². The highest BCUT2D eigenvalue weighted by Crippen LogP contribution is 2.49. The van der Waals surface area contributed by atoms with Crippen LogP contribution in [0.15, 0.2) is 186 Å². The molecule has 244 valence electrons. The zero-order valence-corrected chi connectivity index (χ0v) is 28.7. The minimum atomic E-state index is 0.902. The van der Waals surface area contributed by atoms with Gasteiger partial charge in [-0.1, -0.05) is 152 Å². The van der Waals surface area contributed by atoms with Gasteiger partial charge < -0.3 is 4.42 Å². The van der Waals surface area contributed by atoms with Gasteiger partial charge in [0.25, 0.3) is 0 Å². The first-order chi connectivity index (χ1) is 26.3. The van der Waals surface area contributed by atoms with E-state index in [1.807, 2.05) is 0 Å². The zero-order valence-electron chi connectivity index (χ0n) is 28.7. The molecular formula is C52H30O. The first-order valence-corrected chi connectivity index (χ1v) is 18.3. The van der Waals surface area contributed by atoms with Gasteiger partial charge in [-0.15, -0.1) is 0 Å². The van der Waals surface area contributed by atoms with E-state index in [2.05, 4.69) is 182 Å². The van der Waals surface area contributed by atoms with E-state index in [0.717, 1.165) is 22.1 Å². The van der Waals surface area contributed by atoms with Crippen LogP contribution in [-0.2, 0) is 0 Å². The van der Waals surface area contributed by atoms with Crippen molar-refractivity contribution >= 4 is 97.3 Å². The Hall–Kier alpha value is -6.96. The predicted molar refractivity (Wildman–Crippen MR) is 227 cm³/mol. The van der Waals surface area contributed by atoms with E-state index in [-0.39, 0.29) is 0 Å². The lowest BCUT2D eigenvalue weighted by Gasteiger charge is -2.20. The van der Waals surface area contributed by atoms with Crippen LogP contribution in [0, 0.1) is 0 Å². The van der Waals surface area contributed by atoms with E-state index in [9.17, 15) is 0 Å². The highest BCUT2D eigenvalue weighted by atomic mass is 16.3. The van der Waals surface area contributed by atoms with Crippen LogP contribution in [-0.4, -0.2) is 0 Å². The van der Waals surface area contributed by atoms with Crippen LogP contribution in [0.3, 0.4) is 0 Å². The molecule has 0 fully saturated rings. The maximum absolute atomic E-state index is 6.80. The lowest BCUT2D eigenvalue weighted by atomic mass is 9.83. The fraction of sp³-hybridized carbons (Fsp3) is 0. The molecule has 0 radical (unpaired) electrons. The van der Waals surface area contributed by atoms with Crippen molar-refractivity contribution in [2.45, 2.75) is 0 Å². The smallest absolute Gasteiger partial charge is 0.136 e. The maximum Gasteiger partial charge on any atom is 0.136 e. The molecule has 1 aromatic heterocycles. The average Bonchev–Trinajstić information content (AvgIpc) is 3.60. The fourth-order valence-corrected chi connectivity index (χ4v) is 9.41. The van der Waals surface area contributed by atoms with Gasteiger partial charge >= 0.3 is 0 Å². The molecule has 11 aromatic carbocycles. The number of rotatable bonds is 2. The van der Waals surface area contributed by atoms with Gasteiger partial charge in [-0.25, -0.2) is 0 Å². The third-order valence-corrected chi connectivity index (χ3v) is 11.6. The largest absolute Gasteiger partial charge is 0.456 e. The molecule has 0 saturated carbocycles. The molecule has 0 bridgehead atoms. The quantitative estimate of drug-likeness (QED) is 0.132. The Kier molecular flexibility index (Phi) is 5.84. The lowest BCUT2D eigenvalue weighted by Crippen LogP contribution is -1.92. The number of hydrogen-bond donors (Lipinski definition) is 0. The molecule has 1 heteroatoms. The van der Waals surface area contributed by atoms with E-state index in [4.69, 9.17) is 4.42 Å². The Morgan fingerprint density at radius 1 is 0.245 bits per heavy atom. The molecule has 12 rings (SSSR count). The number of furan rings is 1. The molecule has 0 amide bonds. The topological polar surface area (TPSA) is 13.1 Å². The van der Waals surface area contributed by atoms with Crippen LogP contribution >= 0.6 is 0 Å². The number of benzene rings is 11. The number of fused-ring (bicyclic) bond motifs is 14. The van der Waals surface area contributed by atoms with Crippen molar-refractivity contribution in [1.82, 2.24) is 0 Å². The molecular weight excluding hydrogens is 641 g/mol. The van der Waals surface area contributed by atoms with Crippen molar-refractivity contribution in [3.8, 4) is 22.3 Å². The molecule has 0 saturated heterocycles. The number of hydrogen-bond acceptors (Lipinski definition) is 1. The molecule has 0 spiro atoms. The Morgan fingerprint density at radius 3 is 1.25 bits per heavy atom. The third-order valence-electron chi connectivity index (χ3n) is 11.6. The predicted octanol–water partition coefficient (Wildman–Crippen LogP) is 15.0. The minimum absolute atomic E-state index is 0.902. The normalized spacial score (nSPS) is 12.2. The van der Waals surface area contributed by atoms with Gasteiger partial charge in [-0.3, -0.25) is 0 Å². The Bertz CT molecular complexity index is 3360. The van der Waals surface area contributed by atoms with Gasteiger partial charge in [0.15, 0.2) is 0 Å².